The fourth-order valence-corrected chi connectivity index (χ4v) is 2.10. The molecule has 1 rings (SSSR count). The molecule has 1 aliphatic carbocycles. The summed E-state index contributed by atoms with van der Waals surface area (Å²) >= 11 is 0. The van der Waals surface area contributed by atoms with Crippen molar-refractivity contribution in [2.75, 3.05) is 20.7 Å². The van der Waals surface area contributed by atoms with Crippen LogP contribution in [0.2, 0.25) is 0 Å². The summed E-state index contributed by atoms with van der Waals surface area (Å²) in [6, 6.07) is 0.580. The van der Waals surface area contributed by atoms with Crippen molar-refractivity contribution in [1.82, 2.24) is 4.90 Å². The van der Waals surface area contributed by atoms with Gasteiger partial charge in [0.2, 0.25) is 0 Å². The van der Waals surface area contributed by atoms with Gasteiger partial charge >= 0.3 is 5.97 Å². The Morgan fingerprint density at radius 2 is 1.86 bits per heavy atom. The highest BCUT2D eigenvalue weighted by atomic mass is 16.5. The zero-order valence-corrected chi connectivity index (χ0v) is 9.29. The van der Waals surface area contributed by atoms with E-state index in [-0.39, 0.29) is 5.97 Å². The maximum absolute atomic E-state index is 11.1. The van der Waals surface area contributed by atoms with Crippen LogP contribution < -0.4 is 0 Å². The quantitative estimate of drug-likeness (QED) is 0.513. The summed E-state index contributed by atoms with van der Waals surface area (Å²) in [5.74, 6) is -0.128. The molecule has 1 fully saturated rings. The topological polar surface area (TPSA) is 29.5 Å². The molecule has 82 valence electrons. The minimum atomic E-state index is -0.128. The molecular formula is C11H21NO2. The lowest BCUT2D eigenvalue weighted by atomic mass is 10.1. The van der Waals surface area contributed by atoms with E-state index in [2.05, 4.69) is 9.64 Å². The van der Waals surface area contributed by atoms with Crippen LogP contribution in [0.5, 0.6) is 0 Å². The van der Waals surface area contributed by atoms with Crippen molar-refractivity contribution in [1.29, 1.82) is 0 Å². The molecule has 14 heavy (non-hydrogen) atoms. The maximum atomic E-state index is 11.1. The first-order valence-electron chi connectivity index (χ1n) is 5.51. The zero-order valence-electron chi connectivity index (χ0n) is 9.29. The largest absolute Gasteiger partial charge is 0.468 e. The number of ether oxygens (including phenoxy) is 1. The van der Waals surface area contributed by atoms with Crippen LogP contribution >= 0.6 is 0 Å². The van der Waals surface area contributed by atoms with E-state index in [0.29, 0.717) is 12.6 Å². The number of esters is 1. The van der Waals surface area contributed by atoms with Crippen LogP contribution in [0.15, 0.2) is 0 Å². The first-order chi connectivity index (χ1) is 6.74. The number of methoxy groups -OCH3 is 1. The third kappa shape index (κ3) is 3.66. The predicted molar refractivity (Wildman–Crippen MR) is 56.1 cm³/mol. The third-order valence-corrected chi connectivity index (χ3v) is 3.05. The van der Waals surface area contributed by atoms with Gasteiger partial charge in [0.05, 0.1) is 13.7 Å². The van der Waals surface area contributed by atoms with Crippen LogP contribution in [-0.4, -0.2) is 37.6 Å². The van der Waals surface area contributed by atoms with Gasteiger partial charge in [-0.15, -0.1) is 0 Å². The Balaban J connectivity index is 2.33. The molecule has 0 aromatic heterocycles. The lowest BCUT2D eigenvalue weighted by Crippen LogP contribution is -2.36. The molecule has 0 heterocycles. The van der Waals surface area contributed by atoms with Crippen molar-refractivity contribution in [2.45, 2.75) is 44.6 Å². The fraction of sp³-hybridized carbons (Fsp3) is 0.909. The summed E-state index contributed by atoms with van der Waals surface area (Å²) in [5.41, 5.74) is 0. The summed E-state index contributed by atoms with van der Waals surface area (Å²) < 4.78 is 4.66. The van der Waals surface area contributed by atoms with E-state index in [0.717, 1.165) is 0 Å². The average Bonchev–Trinajstić information content (AvgIpc) is 2.45. The van der Waals surface area contributed by atoms with Gasteiger partial charge in [-0.05, 0) is 19.9 Å². The molecule has 0 aliphatic heterocycles. The van der Waals surface area contributed by atoms with Gasteiger partial charge in [-0.1, -0.05) is 25.7 Å². The van der Waals surface area contributed by atoms with Gasteiger partial charge < -0.3 is 4.74 Å². The molecule has 3 heteroatoms. The number of carbonyl (C=O) groups is 1. The second-order valence-corrected chi connectivity index (χ2v) is 4.14. The Labute approximate surface area is 86.4 Å². The van der Waals surface area contributed by atoms with E-state index < -0.39 is 0 Å². The highest BCUT2D eigenvalue weighted by Gasteiger charge is 2.18. The molecule has 0 aromatic carbocycles. The molecule has 0 spiro atoms. The van der Waals surface area contributed by atoms with Crippen molar-refractivity contribution in [2.24, 2.45) is 0 Å². The molecule has 1 aliphatic rings. The first kappa shape index (κ1) is 11.5. The van der Waals surface area contributed by atoms with Crippen LogP contribution in [0.1, 0.15) is 38.5 Å². The van der Waals surface area contributed by atoms with E-state index in [1.807, 2.05) is 7.05 Å². The minimum Gasteiger partial charge on any atom is -0.468 e. The monoisotopic (exact) mass is 199 g/mol. The molecule has 0 saturated heterocycles. The van der Waals surface area contributed by atoms with Crippen LogP contribution in [-0.2, 0) is 9.53 Å². The van der Waals surface area contributed by atoms with Crippen LogP contribution in [0, 0.1) is 0 Å². The van der Waals surface area contributed by atoms with Crippen molar-refractivity contribution in [3.63, 3.8) is 0 Å². The minimum absolute atomic E-state index is 0.128. The molecule has 0 radical (unpaired) electrons. The molecule has 0 aromatic rings. The van der Waals surface area contributed by atoms with Crippen molar-refractivity contribution in [3.8, 4) is 0 Å². The molecule has 0 unspecified atom stereocenters. The number of nitrogens with zero attached hydrogens (tertiary/aromatic N) is 1. The van der Waals surface area contributed by atoms with E-state index in [1.165, 1.54) is 45.6 Å². The summed E-state index contributed by atoms with van der Waals surface area (Å²) in [5, 5.41) is 0. The van der Waals surface area contributed by atoms with Gasteiger partial charge in [0.1, 0.15) is 0 Å². The van der Waals surface area contributed by atoms with Crippen LogP contribution in [0.3, 0.4) is 0 Å². The second-order valence-electron chi connectivity index (χ2n) is 4.14. The highest BCUT2D eigenvalue weighted by Crippen LogP contribution is 2.20. The standard InChI is InChI=1S/C11H21NO2/c1-12(9-11(13)14-2)10-7-5-3-4-6-8-10/h10H,3-9H2,1-2H3. The molecule has 0 bridgehead atoms. The lowest BCUT2D eigenvalue weighted by molar-refractivity contribution is -0.142. The predicted octanol–water partition coefficient (Wildman–Crippen LogP) is 1.81. The Kier molecular flexibility index (Phi) is 4.94. The molecule has 0 N–H and O–H groups in total. The number of carbonyl (C=O) groups excluding carboxylic acids is 1. The van der Waals surface area contributed by atoms with Gasteiger partial charge in [-0.2, -0.15) is 0 Å². The number of hydrogen-bond donors (Lipinski definition) is 0. The molecule has 1 saturated carbocycles. The van der Waals surface area contributed by atoms with Gasteiger partial charge in [-0.25, -0.2) is 0 Å². The Morgan fingerprint density at radius 3 is 2.36 bits per heavy atom. The Hall–Kier alpha value is -0.570. The summed E-state index contributed by atoms with van der Waals surface area (Å²) in [4.78, 5) is 13.2. The maximum Gasteiger partial charge on any atom is 0.319 e. The Morgan fingerprint density at radius 1 is 1.29 bits per heavy atom. The number of rotatable bonds is 3. The summed E-state index contributed by atoms with van der Waals surface area (Å²) in [7, 11) is 3.47. The first-order valence-corrected chi connectivity index (χ1v) is 5.51. The number of hydrogen-bond acceptors (Lipinski definition) is 3. The smallest absolute Gasteiger partial charge is 0.319 e. The van der Waals surface area contributed by atoms with Crippen molar-refractivity contribution < 1.29 is 9.53 Å². The SMILES string of the molecule is COC(=O)CN(C)C1CCCCCC1. The van der Waals surface area contributed by atoms with E-state index in [4.69, 9.17) is 0 Å². The van der Waals surface area contributed by atoms with E-state index in [9.17, 15) is 4.79 Å². The molecule has 0 amide bonds. The molecule has 3 nitrogen and oxygen atoms in total. The normalized spacial score (nSPS) is 19.4. The van der Waals surface area contributed by atoms with E-state index in [1.54, 1.807) is 0 Å². The van der Waals surface area contributed by atoms with Gasteiger partial charge in [0.25, 0.3) is 0 Å². The van der Waals surface area contributed by atoms with Gasteiger partial charge in [-0.3, -0.25) is 9.69 Å². The molecule has 0 atom stereocenters. The summed E-state index contributed by atoms with van der Waals surface area (Å²) in [6.45, 7) is 0.432. The summed E-state index contributed by atoms with van der Waals surface area (Å²) in [6.07, 6.45) is 7.76. The molecular weight excluding hydrogens is 178 g/mol. The second kappa shape index (κ2) is 6.02. The highest BCUT2D eigenvalue weighted by molar-refractivity contribution is 5.71. The zero-order chi connectivity index (χ0) is 10.4. The third-order valence-electron chi connectivity index (χ3n) is 3.05. The fourth-order valence-electron chi connectivity index (χ4n) is 2.10. The van der Waals surface area contributed by atoms with Crippen molar-refractivity contribution in [3.05, 3.63) is 0 Å². The van der Waals surface area contributed by atoms with Crippen LogP contribution in [0.4, 0.5) is 0 Å². The average molecular weight is 199 g/mol. The number of likely N-dealkylation sites (N-methyl/N-ethyl adjacent to an activating group) is 1. The van der Waals surface area contributed by atoms with E-state index >= 15 is 0 Å². The van der Waals surface area contributed by atoms with Gasteiger partial charge in [0.15, 0.2) is 0 Å². The lowest BCUT2D eigenvalue weighted by Gasteiger charge is -2.25. The Bertz CT molecular complexity index is 174. The van der Waals surface area contributed by atoms with Gasteiger partial charge in [0, 0.05) is 6.04 Å². The van der Waals surface area contributed by atoms with Crippen molar-refractivity contribution >= 4 is 5.97 Å². The van der Waals surface area contributed by atoms with Crippen LogP contribution in [0.25, 0.3) is 0 Å².